The number of rotatable bonds is 2. The Labute approximate surface area is 94.0 Å². The average Bonchev–Trinajstić information content (AvgIpc) is 2.55. The van der Waals surface area contributed by atoms with Gasteiger partial charge in [-0.2, -0.15) is 0 Å². The number of aromatic nitrogens is 1. The Morgan fingerprint density at radius 2 is 2.27 bits per heavy atom. The van der Waals surface area contributed by atoms with Gasteiger partial charge in [0.15, 0.2) is 0 Å². The Bertz CT molecular complexity index is 533. The molecule has 15 heavy (non-hydrogen) atoms. The van der Waals surface area contributed by atoms with E-state index in [9.17, 15) is 4.79 Å². The molecule has 2 N–H and O–H groups in total. The van der Waals surface area contributed by atoms with Crippen molar-refractivity contribution in [3.05, 3.63) is 28.4 Å². The van der Waals surface area contributed by atoms with Gasteiger partial charge in [0.2, 0.25) is 0 Å². The molecule has 0 bridgehead atoms. The third kappa shape index (κ3) is 1.59. The monoisotopic (exact) mass is 269 g/mol. The highest BCUT2D eigenvalue weighted by Crippen LogP contribution is 2.30. The predicted molar refractivity (Wildman–Crippen MR) is 59.5 cm³/mol. The van der Waals surface area contributed by atoms with Crippen molar-refractivity contribution >= 4 is 32.8 Å². The number of carbonyl (C=O) groups is 1. The number of carboxylic acid groups (broad SMARTS) is 1. The summed E-state index contributed by atoms with van der Waals surface area (Å²) in [6, 6.07) is 5.35. The molecule has 5 heteroatoms. The van der Waals surface area contributed by atoms with Crippen LogP contribution < -0.4 is 4.74 Å². The molecule has 1 aromatic heterocycles. The molecule has 0 radical (unpaired) electrons. The standard InChI is InChI=1S/C10H8BrNO3/c1-15-5-2-3-6-7(4-5)12-9(8(6)11)10(13)14/h2-4,12H,1H3,(H,13,14). The quantitative estimate of drug-likeness (QED) is 0.881. The van der Waals surface area contributed by atoms with Gasteiger partial charge in [0.1, 0.15) is 11.4 Å². The molecule has 0 atom stereocenters. The van der Waals surface area contributed by atoms with E-state index in [1.807, 2.05) is 0 Å². The van der Waals surface area contributed by atoms with E-state index in [1.54, 1.807) is 25.3 Å². The summed E-state index contributed by atoms with van der Waals surface area (Å²) < 4.78 is 5.61. The van der Waals surface area contributed by atoms with E-state index >= 15 is 0 Å². The number of aromatic amines is 1. The van der Waals surface area contributed by atoms with Gasteiger partial charge in [0.05, 0.1) is 17.1 Å². The van der Waals surface area contributed by atoms with Gasteiger partial charge in [-0.05, 0) is 28.1 Å². The molecular weight excluding hydrogens is 262 g/mol. The molecule has 1 aromatic carbocycles. The largest absolute Gasteiger partial charge is 0.497 e. The Kier molecular flexibility index (Phi) is 2.40. The van der Waals surface area contributed by atoms with Crippen molar-refractivity contribution < 1.29 is 14.6 Å². The van der Waals surface area contributed by atoms with E-state index in [2.05, 4.69) is 20.9 Å². The molecule has 4 nitrogen and oxygen atoms in total. The van der Waals surface area contributed by atoms with Gasteiger partial charge in [-0.1, -0.05) is 0 Å². The number of fused-ring (bicyclic) bond motifs is 1. The number of carboxylic acids is 1. The highest BCUT2D eigenvalue weighted by Gasteiger charge is 2.14. The zero-order valence-electron chi connectivity index (χ0n) is 7.87. The van der Waals surface area contributed by atoms with Crippen LogP contribution in [0.4, 0.5) is 0 Å². The Morgan fingerprint density at radius 1 is 1.53 bits per heavy atom. The summed E-state index contributed by atoms with van der Waals surface area (Å²) in [5.41, 5.74) is 0.886. The summed E-state index contributed by atoms with van der Waals surface area (Å²) in [6.07, 6.45) is 0. The van der Waals surface area contributed by atoms with Gasteiger partial charge >= 0.3 is 5.97 Å². The molecule has 0 unspecified atom stereocenters. The number of nitrogens with one attached hydrogen (secondary N) is 1. The number of methoxy groups -OCH3 is 1. The molecule has 0 aliphatic carbocycles. The summed E-state index contributed by atoms with van der Waals surface area (Å²) >= 11 is 3.25. The lowest BCUT2D eigenvalue weighted by atomic mass is 10.2. The molecule has 0 saturated heterocycles. The van der Waals surface area contributed by atoms with E-state index in [-0.39, 0.29) is 5.69 Å². The first-order valence-electron chi connectivity index (χ1n) is 4.22. The summed E-state index contributed by atoms with van der Waals surface area (Å²) in [6.45, 7) is 0. The summed E-state index contributed by atoms with van der Waals surface area (Å²) in [5, 5.41) is 9.73. The molecule has 0 aliphatic rings. The van der Waals surface area contributed by atoms with Crippen molar-refractivity contribution in [2.45, 2.75) is 0 Å². The second-order valence-corrected chi connectivity index (χ2v) is 3.82. The van der Waals surface area contributed by atoms with Crippen LogP contribution in [0.1, 0.15) is 10.5 Å². The smallest absolute Gasteiger partial charge is 0.353 e. The van der Waals surface area contributed by atoms with Crippen LogP contribution in [0.3, 0.4) is 0 Å². The van der Waals surface area contributed by atoms with Crippen molar-refractivity contribution in [3.63, 3.8) is 0 Å². The maximum Gasteiger partial charge on any atom is 0.353 e. The van der Waals surface area contributed by atoms with Crippen LogP contribution >= 0.6 is 15.9 Å². The first kappa shape index (κ1) is 10.0. The topological polar surface area (TPSA) is 62.3 Å². The highest BCUT2D eigenvalue weighted by molar-refractivity contribution is 9.10. The van der Waals surface area contributed by atoms with Gasteiger partial charge in [0, 0.05) is 11.5 Å². The number of hydrogen-bond acceptors (Lipinski definition) is 2. The molecule has 0 amide bonds. The van der Waals surface area contributed by atoms with Crippen molar-refractivity contribution in [1.82, 2.24) is 4.98 Å². The van der Waals surface area contributed by atoms with Crippen molar-refractivity contribution in [3.8, 4) is 5.75 Å². The van der Waals surface area contributed by atoms with Gasteiger partial charge < -0.3 is 14.8 Å². The zero-order valence-corrected chi connectivity index (χ0v) is 9.46. The number of halogens is 1. The Balaban J connectivity index is 2.70. The third-order valence-electron chi connectivity index (χ3n) is 2.16. The minimum atomic E-state index is -0.989. The average molecular weight is 270 g/mol. The van der Waals surface area contributed by atoms with Crippen molar-refractivity contribution in [2.75, 3.05) is 7.11 Å². The van der Waals surface area contributed by atoms with Crippen LogP contribution in [0.15, 0.2) is 22.7 Å². The molecule has 78 valence electrons. The number of ether oxygens (including phenoxy) is 1. The van der Waals surface area contributed by atoms with E-state index in [0.717, 1.165) is 10.9 Å². The van der Waals surface area contributed by atoms with Gasteiger partial charge in [-0.15, -0.1) is 0 Å². The van der Waals surface area contributed by atoms with Crippen LogP contribution in [-0.4, -0.2) is 23.2 Å². The summed E-state index contributed by atoms with van der Waals surface area (Å²) in [7, 11) is 1.57. The third-order valence-corrected chi connectivity index (χ3v) is 2.98. The molecule has 2 aromatic rings. The highest BCUT2D eigenvalue weighted by atomic mass is 79.9. The molecular formula is C10H8BrNO3. The Morgan fingerprint density at radius 3 is 2.87 bits per heavy atom. The van der Waals surface area contributed by atoms with Crippen LogP contribution in [0.2, 0.25) is 0 Å². The van der Waals surface area contributed by atoms with Crippen LogP contribution in [0, 0.1) is 0 Å². The Hall–Kier alpha value is -1.49. The SMILES string of the molecule is COc1ccc2c(Br)c(C(=O)O)[nH]c2c1. The number of H-pyrrole nitrogens is 1. The lowest BCUT2D eigenvalue weighted by Crippen LogP contribution is -1.96. The molecule has 0 aliphatic heterocycles. The van der Waals surface area contributed by atoms with Gasteiger partial charge in [0.25, 0.3) is 0 Å². The fraction of sp³-hybridized carbons (Fsp3) is 0.100. The first-order chi connectivity index (χ1) is 7.13. The van der Waals surface area contributed by atoms with Gasteiger partial charge in [-0.3, -0.25) is 0 Å². The van der Waals surface area contributed by atoms with Crippen LogP contribution in [0.25, 0.3) is 10.9 Å². The number of hydrogen-bond donors (Lipinski definition) is 2. The van der Waals surface area contributed by atoms with Crippen LogP contribution in [-0.2, 0) is 0 Å². The predicted octanol–water partition coefficient (Wildman–Crippen LogP) is 2.64. The molecule has 1 heterocycles. The normalized spacial score (nSPS) is 10.5. The fourth-order valence-corrected chi connectivity index (χ4v) is 2.03. The number of aromatic carboxylic acids is 1. The van der Waals surface area contributed by atoms with E-state index in [0.29, 0.717) is 10.2 Å². The zero-order chi connectivity index (χ0) is 11.0. The molecule has 2 rings (SSSR count). The summed E-state index contributed by atoms with van der Waals surface area (Å²) in [5.74, 6) is -0.301. The number of benzene rings is 1. The fourth-order valence-electron chi connectivity index (χ4n) is 1.42. The second-order valence-electron chi connectivity index (χ2n) is 3.03. The lowest BCUT2D eigenvalue weighted by Gasteiger charge is -1.97. The second kappa shape index (κ2) is 3.58. The van der Waals surface area contributed by atoms with E-state index < -0.39 is 5.97 Å². The van der Waals surface area contributed by atoms with E-state index in [1.165, 1.54) is 0 Å². The first-order valence-corrected chi connectivity index (χ1v) is 5.01. The van der Waals surface area contributed by atoms with Crippen LogP contribution in [0.5, 0.6) is 5.75 Å². The molecule has 0 spiro atoms. The maximum atomic E-state index is 10.9. The summed E-state index contributed by atoms with van der Waals surface area (Å²) in [4.78, 5) is 13.7. The van der Waals surface area contributed by atoms with Crippen molar-refractivity contribution in [2.24, 2.45) is 0 Å². The van der Waals surface area contributed by atoms with E-state index in [4.69, 9.17) is 9.84 Å². The lowest BCUT2D eigenvalue weighted by molar-refractivity contribution is 0.0690. The molecule has 0 fully saturated rings. The molecule has 0 saturated carbocycles. The maximum absolute atomic E-state index is 10.9. The minimum Gasteiger partial charge on any atom is -0.497 e. The van der Waals surface area contributed by atoms with Crippen molar-refractivity contribution in [1.29, 1.82) is 0 Å². The minimum absolute atomic E-state index is 0.151. The van der Waals surface area contributed by atoms with Gasteiger partial charge in [-0.25, -0.2) is 4.79 Å².